The molecule has 15 heavy (non-hydrogen) atoms. The normalized spacial score (nSPS) is 22.9. The number of amides is 1. The Morgan fingerprint density at radius 3 is 2.87 bits per heavy atom. The summed E-state index contributed by atoms with van der Waals surface area (Å²) in [5, 5.41) is 8.96. The highest BCUT2D eigenvalue weighted by molar-refractivity contribution is 6.19. The molecule has 1 saturated heterocycles. The van der Waals surface area contributed by atoms with Crippen molar-refractivity contribution in [1.29, 1.82) is 0 Å². The molecule has 1 unspecified atom stereocenters. The van der Waals surface area contributed by atoms with E-state index in [0.717, 1.165) is 0 Å². The average Bonchev–Trinajstić information content (AvgIpc) is 2.28. The Morgan fingerprint density at radius 2 is 2.33 bits per heavy atom. The van der Waals surface area contributed by atoms with Crippen LogP contribution in [0.2, 0.25) is 0 Å². The largest absolute Gasteiger partial charge is 0.394 e. The molecule has 1 heterocycles. The van der Waals surface area contributed by atoms with Crippen LogP contribution >= 0.6 is 11.6 Å². The Bertz CT molecular complexity index is 233. The fourth-order valence-corrected chi connectivity index (χ4v) is 1.61. The van der Waals surface area contributed by atoms with E-state index in [1.54, 1.807) is 4.90 Å². The van der Waals surface area contributed by atoms with Gasteiger partial charge in [0, 0.05) is 19.0 Å². The number of hydrogen-bond acceptors (Lipinski definition) is 3. The number of morpholine rings is 1. The molecule has 1 aliphatic heterocycles. The summed E-state index contributed by atoms with van der Waals surface area (Å²) < 4.78 is 5.28. The van der Waals surface area contributed by atoms with Gasteiger partial charge in [0.15, 0.2) is 0 Å². The van der Waals surface area contributed by atoms with Crippen LogP contribution in [0.3, 0.4) is 0 Å². The van der Waals surface area contributed by atoms with Crippen molar-refractivity contribution in [2.24, 2.45) is 5.41 Å². The summed E-state index contributed by atoms with van der Waals surface area (Å²) >= 11 is 5.75. The van der Waals surface area contributed by atoms with Crippen molar-refractivity contribution >= 4 is 17.5 Å². The predicted molar refractivity (Wildman–Crippen MR) is 57.9 cm³/mol. The third-order valence-corrected chi connectivity index (χ3v) is 3.21. The summed E-state index contributed by atoms with van der Waals surface area (Å²) in [5.74, 6) is 0.326. The molecule has 0 saturated carbocycles. The number of carbonyl (C=O) groups is 1. The molecule has 0 aromatic heterocycles. The smallest absolute Gasteiger partial charge is 0.229 e. The van der Waals surface area contributed by atoms with Gasteiger partial charge in [0.2, 0.25) is 5.91 Å². The van der Waals surface area contributed by atoms with E-state index in [1.807, 2.05) is 13.8 Å². The highest BCUT2D eigenvalue weighted by Gasteiger charge is 2.33. The molecule has 0 bridgehead atoms. The van der Waals surface area contributed by atoms with Gasteiger partial charge in [0.25, 0.3) is 0 Å². The van der Waals surface area contributed by atoms with Gasteiger partial charge >= 0.3 is 0 Å². The highest BCUT2D eigenvalue weighted by Crippen LogP contribution is 2.22. The topological polar surface area (TPSA) is 49.8 Å². The molecule has 0 aromatic carbocycles. The first kappa shape index (κ1) is 12.7. The van der Waals surface area contributed by atoms with Crippen molar-refractivity contribution in [2.45, 2.75) is 20.0 Å². The Hall–Kier alpha value is -0.320. The lowest BCUT2D eigenvalue weighted by Crippen LogP contribution is -2.51. The number of hydrogen-bond donors (Lipinski definition) is 1. The Morgan fingerprint density at radius 1 is 1.67 bits per heavy atom. The van der Waals surface area contributed by atoms with E-state index in [4.69, 9.17) is 21.4 Å². The maximum Gasteiger partial charge on any atom is 0.229 e. The standard InChI is InChI=1S/C10H18ClNO3/c1-10(2,7-11)9(14)12-3-4-15-8(5-12)6-13/h8,13H,3-7H2,1-2H3. The van der Waals surface area contributed by atoms with Crippen molar-refractivity contribution in [3.63, 3.8) is 0 Å². The van der Waals surface area contributed by atoms with Crippen LogP contribution in [0.25, 0.3) is 0 Å². The third-order valence-electron chi connectivity index (χ3n) is 2.54. The number of ether oxygens (including phenoxy) is 1. The van der Waals surface area contributed by atoms with Crippen LogP contribution in [-0.2, 0) is 9.53 Å². The second-order valence-corrected chi connectivity index (χ2v) is 4.71. The lowest BCUT2D eigenvalue weighted by molar-refractivity contribution is -0.148. The molecule has 0 spiro atoms. The van der Waals surface area contributed by atoms with E-state index < -0.39 is 5.41 Å². The lowest BCUT2D eigenvalue weighted by atomic mass is 9.94. The molecule has 1 amide bonds. The molecule has 88 valence electrons. The summed E-state index contributed by atoms with van der Waals surface area (Å²) in [6, 6.07) is 0. The van der Waals surface area contributed by atoms with Gasteiger partial charge in [-0.25, -0.2) is 0 Å². The van der Waals surface area contributed by atoms with E-state index in [2.05, 4.69) is 0 Å². The summed E-state index contributed by atoms with van der Waals surface area (Å²) in [6.07, 6.45) is -0.256. The minimum atomic E-state index is -0.543. The van der Waals surface area contributed by atoms with Crippen LogP contribution in [0.5, 0.6) is 0 Å². The average molecular weight is 236 g/mol. The fourth-order valence-electron chi connectivity index (χ4n) is 1.50. The van der Waals surface area contributed by atoms with Gasteiger partial charge in [0.1, 0.15) is 0 Å². The van der Waals surface area contributed by atoms with Crippen LogP contribution < -0.4 is 0 Å². The van der Waals surface area contributed by atoms with E-state index >= 15 is 0 Å². The second-order valence-electron chi connectivity index (χ2n) is 4.44. The summed E-state index contributed by atoms with van der Waals surface area (Å²) in [7, 11) is 0. The van der Waals surface area contributed by atoms with Gasteiger partial charge in [0.05, 0.1) is 24.7 Å². The number of aliphatic hydroxyl groups excluding tert-OH is 1. The molecule has 0 aromatic rings. The van der Waals surface area contributed by atoms with Crippen LogP contribution in [0.4, 0.5) is 0 Å². The van der Waals surface area contributed by atoms with E-state index in [0.29, 0.717) is 25.6 Å². The Kier molecular flexibility index (Phi) is 4.37. The first-order chi connectivity index (χ1) is 7.01. The number of rotatable bonds is 3. The number of alkyl halides is 1. The van der Waals surface area contributed by atoms with Crippen LogP contribution in [-0.4, -0.2) is 54.2 Å². The van der Waals surface area contributed by atoms with Gasteiger partial charge < -0.3 is 14.7 Å². The SMILES string of the molecule is CC(C)(CCl)C(=O)N1CCOC(CO)C1. The Balaban J connectivity index is 2.60. The Labute approximate surface area is 95.2 Å². The molecule has 0 aliphatic carbocycles. The van der Waals surface area contributed by atoms with E-state index in [1.165, 1.54) is 0 Å². The summed E-state index contributed by atoms with van der Waals surface area (Å²) in [6.45, 7) is 5.11. The predicted octanol–water partition coefficient (Wildman–Crippen LogP) is 0.471. The molecule has 1 N–H and O–H groups in total. The maximum atomic E-state index is 12.0. The maximum absolute atomic E-state index is 12.0. The molecule has 0 radical (unpaired) electrons. The van der Waals surface area contributed by atoms with Gasteiger partial charge in [-0.3, -0.25) is 4.79 Å². The monoisotopic (exact) mass is 235 g/mol. The van der Waals surface area contributed by atoms with Crippen molar-refractivity contribution in [3.05, 3.63) is 0 Å². The quantitative estimate of drug-likeness (QED) is 0.724. The second kappa shape index (κ2) is 5.14. The molecular weight excluding hydrogens is 218 g/mol. The first-order valence-electron chi connectivity index (χ1n) is 5.09. The van der Waals surface area contributed by atoms with Crippen LogP contribution in [0.1, 0.15) is 13.8 Å². The highest BCUT2D eigenvalue weighted by atomic mass is 35.5. The number of aliphatic hydroxyl groups is 1. The van der Waals surface area contributed by atoms with Crippen molar-refractivity contribution in [1.82, 2.24) is 4.90 Å². The van der Waals surface area contributed by atoms with Crippen LogP contribution in [0, 0.1) is 5.41 Å². The van der Waals surface area contributed by atoms with Crippen molar-refractivity contribution < 1.29 is 14.6 Å². The molecule has 1 fully saturated rings. The van der Waals surface area contributed by atoms with Crippen molar-refractivity contribution in [3.8, 4) is 0 Å². The number of nitrogens with zero attached hydrogens (tertiary/aromatic N) is 1. The van der Waals surface area contributed by atoms with Gasteiger partial charge in [-0.1, -0.05) is 0 Å². The van der Waals surface area contributed by atoms with Crippen molar-refractivity contribution in [2.75, 3.05) is 32.2 Å². The van der Waals surface area contributed by atoms with Gasteiger partial charge in [-0.2, -0.15) is 0 Å². The lowest BCUT2D eigenvalue weighted by Gasteiger charge is -2.36. The van der Waals surface area contributed by atoms with Gasteiger partial charge in [-0.15, -0.1) is 11.6 Å². The molecule has 4 nitrogen and oxygen atoms in total. The summed E-state index contributed by atoms with van der Waals surface area (Å²) in [5.41, 5.74) is -0.543. The molecular formula is C10H18ClNO3. The zero-order valence-corrected chi connectivity index (χ0v) is 9.96. The minimum absolute atomic E-state index is 0.0271. The fraction of sp³-hybridized carbons (Fsp3) is 0.900. The third kappa shape index (κ3) is 3.06. The summed E-state index contributed by atoms with van der Waals surface area (Å²) in [4.78, 5) is 13.7. The zero-order valence-electron chi connectivity index (χ0n) is 9.20. The minimum Gasteiger partial charge on any atom is -0.394 e. The molecule has 1 aliphatic rings. The zero-order chi connectivity index (χ0) is 11.5. The number of carbonyl (C=O) groups excluding carboxylic acids is 1. The molecule has 1 rings (SSSR count). The molecule has 5 heteroatoms. The van der Waals surface area contributed by atoms with Crippen LogP contribution in [0.15, 0.2) is 0 Å². The van der Waals surface area contributed by atoms with E-state index in [9.17, 15) is 4.79 Å². The molecule has 1 atom stereocenters. The van der Waals surface area contributed by atoms with Gasteiger partial charge in [-0.05, 0) is 13.8 Å². The van der Waals surface area contributed by atoms with E-state index in [-0.39, 0.29) is 18.6 Å². The first-order valence-corrected chi connectivity index (χ1v) is 5.62. The number of halogens is 1.